The number of carbonyl (C=O) groups is 3. The predicted octanol–water partition coefficient (Wildman–Crippen LogP) is 4.41. The van der Waals surface area contributed by atoms with Crippen LogP contribution in [0.1, 0.15) is 41.2 Å². The van der Waals surface area contributed by atoms with E-state index in [4.69, 9.17) is 30.8 Å². The number of esters is 1. The summed E-state index contributed by atoms with van der Waals surface area (Å²) in [5, 5.41) is 17.0. The molecule has 0 aromatic heterocycles. The standard InChI is InChI=1S/C33H33F8N5O5.CH2O2/c1-15-16(2)25(35)26(36)21(24(15)34)8-10-49-13-20(44-22(47)12-18-4-6-19(7-5-18)33(43)46-45-17(3)42)14-50-11-9-23(48)51-32-30(40)28(38)27(37)29(39)31(32)41;2-1-3/h4-7,20H,8-14H2,1-3H3,(H2,42,45)(H2,43,46)(H,44,47);1H,(H,2,3). The summed E-state index contributed by atoms with van der Waals surface area (Å²) in [4.78, 5) is 33.3. The number of carboxylic acid groups (broad SMARTS) is 1. The summed E-state index contributed by atoms with van der Waals surface area (Å²) >= 11 is 0. The number of benzene rings is 3. The minimum atomic E-state index is -2.43. The van der Waals surface area contributed by atoms with Gasteiger partial charge in [0, 0.05) is 17.5 Å². The maximum Gasteiger partial charge on any atom is 0.313 e. The molecule has 1 atom stereocenters. The Balaban J connectivity index is 0.00000325. The van der Waals surface area contributed by atoms with Crippen LogP contribution in [0.2, 0.25) is 0 Å². The number of nitrogens with two attached hydrogens (primary N) is 2. The van der Waals surface area contributed by atoms with Gasteiger partial charge in [0.25, 0.3) is 6.47 Å². The summed E-state index contributed by atoms with van der Waals surface area (Å²) in [6.07, 6.45) is -1.23. The molecule has 1 unspecified atom stereocenters. The average molecular weight is 778 g/mol. The lowest BCUT2D eigenvalue weighted by Gasteiger charge is -2.20. The molecule has 1 amide bonds. The molecule has 0 heterocycles. The fraction of sp³-hybridized carbons (Fsp3) is 0.324. The van der Waals surface area contributed by atoms with E-state index in [-0.39, 0.29) is 61.9 Å². The van der Waals surface area contributed by atoms with E-state index in [0.717, 1.165) is 0 Å². The molecule has 6 N–H and O–H groups in total. The number of nitrogens with one attached hydrogen (secondary N) is 1. The van der Waals surface area contributed by atoms with Gasteiger partial charge in [-0.2, -0.15) is 8.78 Å². The maximum atomic E-state index is 14.6. The van der Waals surface area contributed by atoms with Crippen LogP contribution < -0.4 is 21.5 Å². The number of nitrogens with zero attached hydrogens (tertiary/aromatic N) is 2. The molecular weight excluding hydrogens is 742 g/mol. The van der Waals surface area contributed by atoms with Crippen LogP contribution in [-0.4, -0.2) is 67.6 Å². The molecule has 0 aliphatic rings. The van der Waals surface area contributed by atoms with Crippen molar-refractivity contribution in [3.05, 3.63) is 98.6 Å². The van der Waals surface area contributed by atoms with Gasteiger partial charge in [0.15, 0.2) is 17.5 Å². The summed E-state index contributed by atoms with van der Waals surface area (Å²) in [5.74, 6) is -18.7. The number of hydrogen-bond donors (Lipinski definition) is 4. The highest BCUT2D eigenvalue weighted by molar-refractivity contribution is 5.97. The predicted molar refractivity (Wildman–Crippen MR) is 176 cm³/mol. The summed E-state index contributed by atoms with van der Waals surface area (Å²) in [6.45, 7) is 2.34. The topological polar surface area (TPSA) is 188 Å². The van der Waals surface area contributed by atoms with E-state index in [9.17, 15) is 44.7 Å². The Morgan fingerprint density at radius 1 is 0.796 bits per heavy atom. The van der Waals surface area contributed by atoms with Crippen molar-refractivity contribution >= 4 is 30.0 Å². The van der Waals surface area contributed by atoms with Gasteiger partial charge in [-0.15, -0.1) is 10.2 Å². The quantitative estimate of drug-likeness (QED) is 0.0156. The minimum Gasteiger partial charge on any atom is -0.483 e. The molecule has 54 heavy (non-hydrogen) atoms. The minimum absolute atomic E-state index is 0.0664. The number of rotatable bonds is 16. The molecule has 20 heteroatoms. The van der Waals surface area contributed by atoms with E-state index in [1.54, 1.807) is 24.3 Å². The van der Waals surface area contributed by atoms with E-state index in [2.05, 4.69) is 20.3 Å². The van der Waals surface area contributed by atoms with Gasteiger partial charge in [-0.1, -0.05) is 24.3 Å². The molecule has 0 fully saturated rings. The maximum absolute atomic E-state index is 14.6. The van der Waals surface area contributed by atoms with Gasteiger partial charge in [0.05, 0.1) is 45.3 Å². The second-order valence-electron chi connectivity index (χ2n) is 11.2. The Morgan fingerprint density at radius 2 is 1.31 bits per heavy atom. The zero-order chi connectivity index (χ0) is 40.7. The van der Waals surface area contributed by atoms with E-state index < -0.39 is 88.8 Å². The van der Waals surface area contributed by atoms with Gasteiger partial charge < -0.3 is 36.1 Å². The Labute approximate surface area is 302 Å². The molecule has 0 saturated carbocycles. The number of halogens is 8. The van der Waals surface area contributed by atoms with E-state index >= 15 is 0 Å². The first kappa shape index (κ1) is 44.5. The lowest BCUT2D eigenvalue weighted by atomic mass is 10.0. The number of ether oxygens (including phenoxy) is 3. The van der Waals surface area contributed by atoms with Crippen LogP contribution in [-0.2, 0) is 36.7 Å². The monoisotopic (exact) mass is 777 g/mol. The van der Waals surface area contributed by atoms with Gasteiger partial charge in [-0.3, -0.25) is 14.4 Å². The summed E-state index contributed by atoms with van der Waals surface area (Å²) in [5.41, 5.74) is 11.6. The summed E-state index contributed by atoms with van der Waals surface area (Å²) in [6, 6.07) is 5.42. The van der Waals surface area contributed by atoms with Crippen LogP contribution in [0.4, 0.5) is 35.1 Å². The molecule has 3 aromatic carbocycles. The third-order valence-electron chi connectivity index (χ3n) is 7.21. The molecule has 0 radical (unpaired) electrons. The first-order chi connectivity index (χ1) is 25.4. The van der Waals surface area contributed by atoms with Crippen molar-refractivity contribution in [2.45, 2.75) is 46.1 Å². The first-order valence-corrected chi connectivity index (χ1v) is 15.5. The highest BCUT2D eigenvalue weighted by atomic mass is 19.2. The van der Waals surface area contributed by atoms with Crippen molar-refractivity contribution in [2.24, 2.45) is 21.7 Å². The first-order valence-electron chi connectivity index (χ1n) is 15.5. The smallest absolute Gasteiger partial charge is 0.313 e. The molecule has 0 spiro atoms. The lowest BCUT2D eigenvalue weighted by molar-refractivity contribution is -0.136. The SMILES string of the molecule is C/C(N)=N/N=C(\N)c1ccc(CC(=O)NC(COCCC(=O)Oc2c(F)c(F)c(F)c(F)c2F)COCCc2c(F)c(C)c(C)c(F)c2F)cc1.O=CO. The number of carbonyl (C=O) groups excluding carboxylic acids is 2. The molecule has 3 aromatic rings. The normalized spacial score (nSPS) is 12.1. The molecule has 0 aliphatic carbocycles. The Kier molecular flexibility index (Phi) is 17.5. The zero-order valence-corrected chi connectivity index (χ0v) is 28.9. The van der Waals surface area contributed by atoms with Crippen molar-refractivity contribution in [1.29, 1.82) is 0 Å². The van der Waals surface area contributed by atoms with Gasteiger partial charge in [-0.25, -0.2) is 26.3 Å². The molecule has 0 aliphatic heterocycles. The summed E-state index contributed by atoms with van der Waals surface area (Å²) < 4.78 is 126. The van der Waals surface area contributed by atoms with Crippen molar-refractivity contribution < 1.29 is 68.8 Å². The second kappa shape index (κ2) is 21.2. The Hall–Kier alpha value is -5.63. The van der Waals surface area contributed by atoms with Crippen LogP contribution in [0.3, 0.4) is 0 Å². The fourth-order valence-corrected chi connectivity index (χ4v) is 4.37. The lowest BCUT2D eigenvalue weighted by Crippen LogP contribution is -2.42. The molecule has 294 valence electrons. The highest BCUT2D eigenvalue weighted by Crippen LogP contribution is 2.29. The average Bonchev–Trinajstić information content (AvgIpc) is 3.14. The van der Waals surface area contributed by atoms with Gasteiger partial charge in [0.2, 0.25) is 40.7 Å². The Morgan fingerprint density at radius 3 is 1.87 bits per heavy atom. The Bertz CT molecular complexity index is 1820. The van der Waals surface area contributed by atoms with Crippen molar-refractivity contribution in [2.75, 3.05) is 26.4 Å². The molecule has 12 nitrogen and oxygen atoms in total. The third-order valence-corrected chi connectivity index (χ3v) is 7.21. The van der Waals surface area contributed by atoms with E-state index in [0.29, 0.717) is 11.1 Å². The van der Waals surface area contributed by atoms with E-state index in [1.807, 2.05) is 0 Å². The largest absolute Gasteiger partial charge is 0.483 e. The number of amidine groups is 2. The van der Waals surface area contributed by atoms with Crippen LogP contribution >= 0.6 is 0 Å². The van der Waals surface area contributed by atoms with Gasteiger partial charge >= 0.3 is 5.97 Å². The van der Waals surface area contributed by atoms with Crippen LogP contribution in [0.25, 0.3) is 0 Å². The molecule has 0 saturated heterocycles. The molecule has 3 rings (SSSR count). The third kappa shape index (κ3) is 12.5. The van der Waals surface area contributed by atoms with Crippen LogP contribution in [0.15, 0.2) is 34.5 Å². The number of amides is 1. The van der Waals surface area contributed by atoms with Gasteiger partial charge in [0.1, 0.15) is 11.7 Å². The van der Waals surface area contributed by atoms with Crippen molar-refractivity contribution in [3.63, 3.8) is 0 Å². The highest BCUT2D eigenvalue weighted by Gasteiger charge is 2.28. The fourth-order valence-electron chi connectivity index (χ4n) is 4.37. The van der Waals surface area contributed by atoms with Crippen LogP contribution in [0, 0.1) is 60.4 Å². The number of hydrogen-bond acceptors (Lipinski definition) is 8. The summed E-state index contributed by atoms with van der Waals surface area (Å²) in [7, 11) is 0. The van der Waals surface area contributed by atoms with Crippen molar-refractivity contribution in [1.82, 2.24) is 5.32 Å². The molecule has 0 bridgehead atoms. The van der Waals surface area contributed by atoms with E-state index in [1.165, 1.54) is 20.8 Å². The van der Waals surface area contributed by atoms with Crippen molar-refractivity contribution in [3.8, 4) is 5.75 Å². The second-order valence-corrected chi connectivity index (χ2v) is 11.2. The zero-order valence-electron chi connectivity index (χ0n) is 28.9. The van der Waals surface area contributed by atoms with Crippen LogP contribution in [0.5, 0.6) is 5.75 Å². The molecular formula is C34H35F8N5O7. The van der Waals surface area contributed by atoms with Gasteiger partial charge in [-0.05, 0) is 37.5 Å².